The first kappa shape index (κ1) is 9.85. The third-order valence-corrected chi connectivity index (χ3v) is 2.45. The van der Waals surface area contributed by atoms with E-state index in [9.17, 15) is 0 Å². The minimum Gasteiger partial charge on any atom is -0.325 e. The van der Waals surface area contributed by atoms with Gasteiger partial charge in [0.15, 0.2) is 0 Å². The van der Waals surface area contributed by atoms with E-state index in [-0.39, 0.29) is 0 Å². The fourth-order valence-corrected chi connectivity index (χ4v) is 1.50. The number of rotatable bonds is 3. The molecule has 0 spiro atoms. The molecule has 0 bridgehead atoms. The van der Waals surface area contributed by atoms with Gasteiger partial charge in [0.2, 0.25) is 0 Å². The Hall–Kier alpha value is -1.69. The van der Waals surface area contributed by atoms with E-state index in [0.717, 1.165) is 17.3 Å². The van der Waals surface area contributed by atoms with Gasteiger partial charge in [-0.1, -0.05) is 0 Å². The van der Waals surface area contributed by atoms with Gasteiger partial charge in [0.25, 0.3) is 0 Å². The van der Waals surface area contributed by atoms with E-state index in [1.165, 1.54) is 0 Å². The number of hydrogen-bond donors (Lipinski definition) is 1. The molecule has 0 unspecified atom stereocenters. The van der Waals surface area contributed by atoms with Crippen molar-refractivity contribution in [2.45, 2.75) is 20.0 Å². The van der Waals surface area contributed by atoms with Gasteiger partial charge in [0.1, 0.15) is 18.0 Å². The summed E-state index contributed by atoms with van der Waals surface area (Å²) in [6.45, 7) is 3.10. The van der Waals surface area contributed by atoms with Crippen LogP contribution < -0.4 is 5.73 Å². The molecule has 0 fully saturated rings. The summed E-state index contributed by atoms with van der Waals surface area (Å²) < 4.78 is 3.80. The highest BCUT2D eigenvalue weighted by molar-refractivity contribution is 5.06. The number of nitrogens with two attached hydrogens (primary N) is 1. The van der Waals surface area contributed by atoms with Crippen molar-refractivity contribution < 1.29 is 0 Å². The van der Waals surface area contributed by atoms with E-state index >= 15 is 0 Å². The van der Waals surface area contributed by atoms with Crippen LogP contribution >= 0.6 is 0 Å². The van der Waals surface area contributed by atoms with Crippen LogP contribution in [-0.2, 0) is 20.1 Å². The fraction of sp³-hybridized carbons (Fsp3) is 0.444. The Bertz CT molecular complexity index is 455. The molecule has 0 saturated heterocycles. The maximum Gasteiger partial charge on any atom is 0.146 e. The smallest absolute Gasteiger partial charge is 0.146 e. The number of imidazole rings is 1. The van der Waals surface area contributed by atoms with Crippen LogP contribution in [0.4, 0.5) is 0 Å². The van der Waals surface area contributed by atoms with Gasteiger partial charge in [0, 0.05) is 19.8 Å². The van der Waals surface area contributed by atoms with Crippen LogP contribution in [0.5, 0.6) is 0 Å². The monoisotopic (exact) mass is 206 g/mol. The summed E-state index contributed by atoms with van der Waals surface area (Å²) in [5, 5.41) is 4.02. The second kappa shape index (κ2) is 3.82. The number of hydrogen-bond acceptors (Lipinski definition) is 4. The topological polar surface area (TPSA) is 74.6 Å². The van der Waals surface area contributed by atoms with Gasteiger partial charge < -0.3 is 10.3 Å². The Kier molecular flexibility index (Phi) is 2.51. The molecule has 2 aromatic heterocycles. The van der Waals surface area contributed by atoms with Crippen LogP contribution in [-0.4, -0.2) is 24.3 Å². The van der Waals surface area contributed by atoms with Crippen molar-refractivity contribution in [3.05, 3.63) is 29.9 Å². The van der Waals surface area contributed by atoms with E-state index in [1.807, 2.05) is 18.5 Å². The second-order valence-electron chi connectivity index (χ2n) is 3.39. The van der Waals surface area contributed by atoms with Crippen molar-refractivity contribution in [3.8, 4) is 0 Å². The predicted molar refractivity (Wildman–Crippen MR) is 55.0 cm³/mol. The second-order valence-corrected chi connectivity index (χ2v) is 3.39. The normalized spacial score (nSPS) is 10.9. The highest BCUT2D eigenvalue weighted by atomic mass is 15.3. The first-order valence-electron chi connectivity index (χ1n) is 4.76. The summed E-state index contributed by atoms with van der Waals surface area (Å²) in [5.41, 5.74) is 6.64. The van der Waals surface area contributed by atoms with Gasteiger partial charge in [-0.05, 0) is 6.92 Å². The Morgan fingerprint density at radius 2 is 2.20 bits per heavy atom. The molecular weight excluding hydrogens is 192 g/mol. The Labute approximate surface area is 87.8 Å². The highest BCUT2D eigenvalue weighted by Gasteiger charge is 2.08. The molecule has 2 N–H and O–H groups in total. The van der Waals surface area contributed by atoms with Gasteiger partial charge in [-0.3, -0.25) is 4.68 Å². The summed E-state index contributed by atoms with van der Waals surface area (Å²) in [5.74, 6) is 1.84. The van der Waals surface area contributed by atoms with Crippen molar-refractivity contribution in [2.75, 3.05) is 0 Å². The molecule has 2 aromatic rings. The average molecular weight is 206 g/mol. The van der Waals surface area contributed by atoms with Gasteiger partial charge in [-0.25, -0.2) is 9.97 Å². The first-order chi connectivity index (χ1) is 7.22. The van der Waals surface area contributed by atoms with Crippen LogP contribution in [0.2, 0.25) is 0 Å². The van der Waals surface area contributed by atoms with E-state index in [2.05, 4.69) is 15.1 Å². The molecule has 6 nitrogen and oxygen atoms in total. The average Bonchev–Trinajstić information content (AvgIpc) is 2.77. The van der Waals surface area contributed by atoms with Gasteiger partial charge in [-0.2, -0.15) is 5.10 Å². The summed E-state index contributed by atoms with van der Waals surface area (Å²) in [7, 11) is 1.87. The quantitative estimate of drug-likeness (QED) is 0.756. The van der Waals surface area contributed by atoms with Crippen LogP contribution in [0.25, 0.3) is 0 Å². The summed E-state index contributed by atoms with van der Waals surface area (Å²) in [4.78, 5) is 8.39. The van der Waals surface area contributed by atoms with Crippen molar-refractivity contribution in [1.82, 2.24) is 24.3 Å². The first-order valence-corrected chi connectivity index (χ1v) is 4.76. The molecule has 0 atom stereocenters. The maximum atomic E-state index is 5.63. The lowest BCUT2D eigenvalue weighted by Gasteiger charge is -2.07. The Balaban J connectivity index is 2.31. The zero-order valence-corrected chi connectivity index (χ0v) is 8.88. The number of aryl methyl sites for hydroxylation is 2. The summed E-state index contributed by atoms with van der Waals surface area (Å²) >= 11 is 0. The van der Waals surface area contributed by atoms with Crippen molar-refractivity contribution in [2.24, 2.45) is 12.8 Å². The largest absolute Gasteiger partial charge is 0.325 e. The molecular formula is C9H14N6. The van der Waals surface area contributed by atoms with Crippen LogP contribution in [0.1, 0.15) is 17.3 Å². The van der Waals surface area contributed by atoms with Gasteiger partial charge >= 0.3 is 0 Å². The molecule has 0 aromatic carbocycles. The summed E-state index contributed by atoms with van der Waals surface area (Å²) in [6, 6.07) is 0. The number of nitrogens with zero attached hydrogens (tertiary/aromatic N) is 5. The third kappa shape index (κ3) is 1.75. The lowest BCUT2D eigenvalue weighted by molar-refractivity contribution is 0.625. The Morgan fingerprint density at radius 1 is 1.40 bits per heavy atom. The van der Waals surface area contributed by atoms with Crippen LogP contribution in [0, 0.1) is 6.92 Å². The zero-order chi connectivity index (χ0) is 10.8. The van der Waals surface area contributed by atoms with Crippen molar-refractivity contribution in [3.63, 3.8) is 0 Å². The number of aromatic nitrogens is 5. The van der Waals surface area contributed by atoms with E-state index in [0.29, 0.717) is 13.1 Å². The lowest BCUT2D eigenvalue weighted by atomic mass is 10.4. The molecule has 80 valence electrons. The fourth-order valence-electron chi connectivity index (χ4n) is 1.50. The Morgan fingerprint density at radius 3 is 2.80 bits per heavy atom. The summed E-state index contributed by atoms with van der Waals surface area (Å²) in [6.07, 6.45) is 3.34. The minimum atomic E-state index is 0.485. The molecule has 0 radical (unpaired) electrons. The predicted octanol–water partition coefficient (Wildman–Crippen LogP) is -0.173. The van der Waals surface area contributed by atoms with Crippen LogP contribution in [0.15, 0.2) is 12.5 Å². The molecule has 0 aliphatic carbocycles. The molecule has 0 aliphatic rings. The van der Waals surface area contributed by atoms with Crippen LogP contribution in [0.3, 0.4) is 0 Å². The molecule has 6 heteroatoms. The maximum absolute atomic E-state index is 5.63. The third-order valence-electron chi connectivity index (χ3n) is 2.45. The van der Waals surface area contributed by atoms with Gasteiger partial charge in [-0.15, -0.1) is 0 Å². The molecule has 0 aliphatic heterocycles. The lowest BCUT2D eigenvalue weighted by Crippen LogP contribution is -2.13. The molecule has 0 amide bonds. The molecule has 15 heavy (non-hydrogen) atoms. The van der Waals surface area contributed by atoms with Crippen molar-refractivity contribution in [1.29, 1.82) is 0 Å². The van der Waals surface area contributed by atoms with Gasteiger partial charge in [0.05, 0.1) is 12.2 Å². The minimum absolute atomic E-state index is 0.485. The molecule has 2 heterocycles. The van der Waals surface area contributed by atoms with E-state index in [1.54, 1.807) is 17.2 Å². The zero-order valence-electron chi connectivity index (χ0n) is 8.88. The molecule has 2 rings (SSSR count). The van der Waals surface area contributed by atoms with Crippen molar-refractivity contribution >= 4 is 0 Å². The highest BCUT2D eigenvalue weighted by Crippen LogP contribution is 2.06. The van der Waals surface area contributed by atoms with E-state index < -0.39 is 0 Å². The standard InChI is InChI=1S/C9H14N6/c1-7-11-4-8(3-10)15(7)5-9-12-6-13-14(9)2/h4,6H,3,5,10H2,1-2H3. The molecule has 0 saturated carbocycles. The van der Waals surface area contributed by atoms with E-state index in [4.69, 9.17) is 5.73 Å². The SMILES string of the molecule is Cc1ncc(CN)n1Cc1ncnn1C.